The summed E-state index contributed by atoms with van der Waals surface area (Å²) in [7, 11) is -1.78. The Morgan fingerprint density at radius 1 is 1.03 bits per heavy atom. The molecule has 0 fully saturated rings. The molecule has 0 aliphatic rings. The molecule has 0 spiro atoms. The first-order valence-corrected chi connectivity index (χ1v) is 8.32. The molecule has 1 heterocycles. The number of carbonyl (C=O) groups is 2. The second-order valence-electron chi connectivity index (χ2n) is 5.89. The molecule has 0 unspecified atom stereocenters. The zero-order valence-electron chi connectivity index (χ0n) is 18.5. The van der Waals surface area contributed by atoms with E-state index in [0.717, 1.165) is 43.7 Å². The van der Waals surface area contributed by atoms with Crippen molar-refractivity contribution in [1.82, 2.24) is 5.48 Å². The molecule has 2 aromatic carbocycles. The van der Waals surface area contributed by atoms with Crippen LogP contribution in [0, 0.1) is 23.3 Å². The van der Waals surface area contributed by atoms with Crippen molar-refractivity contribution in [3.8, 4) is 16.9 Å². The molecule has 3 aromatic rings. The highest BCUT2D eigenvalue weighted by atomic mass is 19.2. The molecule has 162 valence electrons. The molecule has 31 heavy (non-hydrogen) atoms. The van der Waals surface area contributed by atoms with Gasteiger partial charge in [0.25, 0.3) is 5.91 Å². The van der Waals surface area contributed by atoms with Crippen LogP contribution in [0.15, 0.2) is 41.0 Å². The van der Waals surface area contributed by atoms with E-state index >= 15 is 0 Å². The molecule has 2 amide bonds. The van der Waals surface area contributed by atoms with Gasteiger partial charge in [-0.2, -0.15) is 0 Å². The first-order valence-electron chi connectivity index (χ1n) is 9.82. The smallest absolute Gasteiger partial charge is 0.311 e. The van der Waals surface area contributed by atoms with E-state index in [1.165, 1.54) is 0 Å². The summed E-state index contributed by atoms with van der Waals surface area (Å²) >= 11 is 0. The highest BCUT2D eigenvalue weighted by Crippen LogP contribution is 2.36. The monoisotopic (exact) mass is 441 g/mol. The molecule has 0 atom stereocenters. The number of hydrogen-bond acceptors (Lipinski definition) is 5. The maximum Gasteiger partial charge on any atom is 0.311 e. The molecule has 0 aliphatic carbocycles. The Bertz CT molecular complexity index is 1230. The van der Waals surface area contributed by atoms with E-state index in [4.69, 9.17) is 8.53 Å². The fraction of sp³-hybridized carbons (Fsp3) is 0.100. The highest BCUT2D eigenvalue weighted by Gasteiger charge is 2.29. The van der Waals surface area contributed by atoms with Crippen LogP contribution in [0.2, 0.25) is 0 Å². The lowest BCUT2D eigenvalue weighted by atomic mass is 10.0. The number of carbonyl (C=O) groups excluding carboxylic acids is 2. The lowest BCUT2D eigenvalue weighted by Gasteiger charge is -2.13. The summed E-state index contributed by atoms with van der Waals surface area (Å²) in [5, 5.41) is 1.67. The maximum atomic E-state index is 14.8. The molecule has 1 aromatic heterocycles. The average molecular weight is 441 g/mol. The van der Waals surface area contributed by atoms with Gasteiger partial charge in [-0.05, 0) is 23.8 Å². The third-order valence-corrected chi connectivity index (χ3v) is 4.05. The van der Waals surface area contributed by atoms with Crippen LogP contribution in [0.4, 0.5) is 23.2 Å². The standard InChI is InChI=1S/C20H14F4N2O5/c1-29-10-5-3-4-9(8-10)12-13(21)15(23)17(16(24)14(12)22)25-19(27)11-6-7-31-18(11)20(28)26-30-2/h3-8H,1-2H3,(H,25,27)(H,26,28)/i1D3. The predicted molar refractivity (Wildman–Crippen MR) is 99.4 cm³/mol. The maximum absolute atomic E-state index is 14.8. The van der Waals surface area contributed by atoms with Gasteiger partial charge >= 0.3 is 5.91 Å². The van der Waals surface area contributed by atoms with Crippen molar-refractivity contribution in [3.63, 3.8) is 0 Å². The topological polar surface area (TPSA) is 89.8 Å². The number of halogens is 4. The van der Waals surface area contributed by atoms with Crippen molar-refractivity contribution >= 4 is 17.5 Å². The van der Waals surface area contributed by atoms with E-state index in [-0.39, 0.29) is 5.75 Å². The van der Waals surface area contributed by atoms with Gasteiger partial charge in [-0.3, -0.25) is 14.4 Å². The fourth-order valence-corrected chi connectivity index (χ4v) is 2.69. The summed E-state index contributed by atoms with van der Waals surface area (Å²) < 4.78 is 89.6. The Balaban J connectivity index is 2.00. The zero-order chi connectivity index (χ0) is 25.2. The Morgan fingerprint density at radius 2 is 1.74 bits per heavy atom. The van der Waals surface area contributed by atoms with Gasteiger partial charge in [0.1, 0.15) is 11.4 Å². The van der Waals surface area contributed by atoms with E-state index < -0.39 is 70.3 Å². The normalized spacial score (nSPS) is 12.5. The van der Waals surface area contributed by atoms with Crippen LogP contribution in [0.3, 0.4) is 0 Å². The van der Waals surface area contributed by atoms with E-state index in [0.29, 0.717) is 0 Å². The number of amides is 2. The molecule has 0 bridgehead atoms. The van der Waals surface area contributed by atoms with Crippen LogP contribution >= 0.6 is 0 Å². The van der Waals surface area contributed by atoms with Gasteiger partial charge in [-0.25, -0.2) is 23.0 Å². The number of benzene rings is 2. The van der Waals surface area contributed by atoms with Gasteiger partial charge in [0, 0.05) is 0 Å². The molecule has 7 nitrogen and oxygen atoms in total. The molecule has 0 saturated carbocycles. The third kappa shape index (κ3) is 4.08. The van der Waals surface area contributed by atoms with Gasteiger partial charge in [0.05, 0.1) is 35.7 Å². The zero-order valence-corrected chi connectivity index (χ0v) is 15.5. The summed E-state index contributed by atoms with van der Waals surface area (Å²) in [6, 6.07) is 5.24. The molecule has 3 rings (SSSR count). The summed E-state index contributed by atoms with van der Waals surface area (Å²) in [5.74, 6) is -10.9. The number of rotatable bonds is 6. The molecule has 0 radical (unpaired) electrons. The van der Waals surface area contributed by atoms with Crippen molar-refractivity contribution in [2.24, 2.45) is 0 Å². The van der Waals surface area contributed by atoms with Crippen molar-refractivity contribution in [1.29, 1.82) is 0 Å². The van der Waals surface area contributed by atoms with Gasteiger partial charge < -0.3 is 14.5 Å². The molecular weight excluding hydrogens is 424 g/mol. The van der Waals surface area contributed by atoms with Crippen molar-refractivity contribution in [2.45, 2.75) is 0 Å². The minimum atomic E-state index is -2.88. The number of furan rings is 1. The summed E-state index contributed by atoms with van der Waals surface area (Å²) in [4.78, 5) is 28.6. The molecule has 2 N–H and O–H groups in total. The minimum Gasteiger partial charge on any atom is -0.497 e. The number of hydrogen-bond donors (Lipinski definition) is 2. The highest BCUT2D eigenvalue weighted by molar-refractivity contribution is 6.11. The Labute approximate surface area is 176 Å². The SMILES string of the molecule is [2H]C([2H])([2H])Oc1cccc(-c2c(F)c(F)c(NC(=O)c3ccoc3C(=O)NOC)c(F)c2F)c1. The van der Waals surface area contributed by atoms with E-state index in [2.05, 4.69) is 9.57 Å². The van der Waals surface area contributed by atoms with Crippen LogP contribution in [-0.4, -0.2) is 26.0 Å². The van der Waals surface area contributed by atoms with Crippen LogP contribution in [-0.2, 0) is 4.84 Å². The van der Waals surface area contributed by atoms with E-state index in [1.54, 1.807) is 5.32 Å². The summed E-state index contributed by atoms with van der Waals surface area (Å²) in [6.45, 7) is 0. The minimum absolute atomic E-state index is 0.337. The van der Waals surface area contributed by atoms with Gasteiger partial charge in [-0.1, -0.05) is 12.1 Å². The van der Waals surface area contributed by atoms with E-state index in [1.807, 2.05) is 5.48 Å². The first-order chi connectivity index (χ1) is 15.9. The molecule has 11 heteroatoms. The van der Waals surface area contributed by atoms with Crippen LogP contribution in [0.25, 0.3) is 11.1 Å². The van der Waals surface area contributed by atoms with E-state index in [9.17, 15) is 27.2 Å². The van der Waals surface area contributed by atoms with Crippen molar-refractivity contribution in [2.75, 3.05) is 19.5 Å². The van der Waals surface area contributed by atoms with Crippen LogP contribution < -0.4 is 15.5 Å². The molecule has 0 saturated heterocycles. The van der Waals surface area contributed by atoms with Gasteiger partial charge in [-0.15, -0.1) is 0 Å². The predicted octanol–water partition coefficient (Wildman–Crippen LogP) is 4.06. The molecule has 0 aliphatic heterocycles. The number of ether oxygens (including phenoxy) is 1. The van der Waals surface area contributed by atoms with Crippen LogP contribution in [0.1, 0.15) is 25.0 Å². The second-order valence-corrected chi connectivity index (χ2v) is 5.89. The lowest BCUT2D eigenvalue weighted by molar-refractivity contribution is 0.0507. The quantitative estimate of drug-likeness (QED) is 0.342. The third-order valence-electron chi connectivity index (χ3n) is 4.05. The first kappa shape index (κ1) is 18.0. The second kappa shape index (κ2) is 8.88. The summed E-state index contributed by atoms with van der Waals surface area (Å²) in [5.41, 5.74) is -1.69. The van der Waals surface area contributed by atoms with Crippen LogP contribution in [0.5, 0.6) is 5.75 Å². The van der Waals surface area contributed by atoms with Gasteiger partial charge in [0.15, 0.2) is 23.3 Å². The number of hydroxylamine groups is 1. The number of anilines is 1. The molecular formula is C20H14F4N2O5. The Kier molecular flexibility index (Phi) is 5.14. The largest absolute Gasteiger partial charge is 0.497 e. The summed E-state index contributed by atoms with van der Waals surface area (Å²) in [6.07, 6.45) is 0.921. The average Bonchev–Trinajstić information content (AvgIpc) is 3.25. The lowest BCUT2D eigenvalue weighted by Crippen LogP contribution is -2.25. The number of methoxy groups -OCH3 is 1. The van der Waals surface area contributed by atoms with Gasteiger partial charge in [0.2, 0.25) is 5.76 Å². The fourth-order valence-electron chi connectivity index (χ4n) is 2.69. The number of nitrogens with one attached hydrogen (secondary N) is 2. The van der Waals surface area contributed by atoms with Crippen molar-refractivity contribution < 1.29 is 45.3 Å². The Hall–Kier alpha value is -3.86. The Morgan fingerprint density at radius 3 is 2.39 bits per heavy atom. The van der Waals surface area contributed by atoms with Crippen molar-refractivity contribution in [3.05, 3.63) is 71.2 Å².